The lowest BCUT2D eigenvalue weighted by atomic mass is 10.1. The summed E-state index contributed by atoms with van der Waals surface area (Å²) in [5.41, 5.74) is 1.30. The first-order chi connectivity index (χ1) is 9.81. The van der Waals surface area contributed by atoms with Gasteiger partial charge in [-0.1, -0.05) is 13.8 Å². The highest BCUT2D eigenvalue weighted by molar-refractivity contribution is 8.00. The molecule has 7 nitrogen and oxygen atoms in total. The number of amides is 2. The third kappa shape index (κ3) is 3.15. The lowest BCUT2D eigenvalue weighted by Crippen LogP contribution is -2.49. The van der Waals surface area contributed by atoms with Crippen molar-refractivity contribution in [2.24, 2.45) is 13.0 Å². The van der Waals surface area contributed by atoms with Crippen LogP contribution in [-0.2, 0) is 11.8 Å². The van der Waals surface area contributed by atoms with Gasteiger partial charge in [-0.25, -0.2) is 9.59 Å². The maximum absolute atomic E-state index is 12.5. The van der Waals surface area contributed by atoms with E-state index in [2.05, 4.69) is 10.4 Å². The number of carbonyl (C=O) groups excluding carboxylic acids is 1. The van der Waals surface area contributed by atoms with Gasteiger partial charge in [0.15, 0.2) is 0 Å². The number of carboxylic acid groups (broad SMARTS) is 1. The molecule has 1 aliphatic heterocycles. The van der Waals surface area contributed by atoms with E-state index in [4.69, 9.17) is 0 Å². The minimum absolute atomic E-state index is 0.136. The Kier molecular flexibility index (Phi) is 4.46. The monoisotopic (exact) mass is 312 g/mol. The van der Waals surface area contributed by atoms with Crippen LogP contribution in [0.15, 0.2) is 6.20 Å². The van der Waals surface area contributed by atoms with Crippen molar-refractivity contribution in [3.8, 4) is 0 Å². The van der Waals surface area contributed by atoms with Gasteiger partial charge in [-0.3, -0.25) is 9.58 Å². The van der Waals surface area contributed by atoms with E-state index in [-0.39, 0.29) is 17.3 Å². The van der Waals surface area contributed by atoms with Crippen LogP contribution in [0.25, 0.3) is 0 Å². The molecule has 0 aliphatic carbocycles. The molecule has 1 saturated heterocycles. The number of nitrogens with one attached hydrogen (secondary N) is 1. The first-order valence-corrected chi connectivity index (χ1v) is 7.80. The Morgan fingerprint density at radius 3 is 2.67 bits per heavy atom. The van der Waals surface area contributed by atoms with Crippen molar-refractivity contribution in [1.82, 2.24) is 14.7 Å². The van der Waals surface area contributed by atoms with Crippen LogP contribution in [0.5, 0.6) is 0 Å². The molecule has 2 rings (SSSR count). The summed E-state index contributed by atoms with van der Waals surface area (Å²) in [5.74, 6) is -0.374. The topological polar surface area (TPSA) is 87.5 Å². The number of thioether (sulfide) groups is 1. The highest BCUT2D eigenvalue weighted by Crippen LogP contribution is 2.34. The number of nitrogens with zero attached hydrogens (tertiary/aromatic N) is 3. The largest absolute Gasteiger partial charge is 0.480 e. The number of hydrogen-bond acceptors (Lipinski definition) is 4. The average molecular weight is 312 g/mol. The fourth-order valence-corrected chi connectivity index (χ4v) is 3.86. The second kappa shape index (κ2) is 5.97. The van der Waals surface area contributed by atoms with Crippen LogP contribution in [0, 0.1) is 12.8 Å². The number of aliphatic carboxylic acids is 1. The standard InChI is InChI=1S/C13H20N4O3S/c1-7(2)11-17(10(6-21-11)12(18)19)13(20)14-9-5-16(4)15-8(9)3/h5,7,10-11H,6H2,1-4H3,(H,14,20)(H,18,19). The summed E-state index contributed by atoms with van der Waals surface area (Å²) in [6.45, 7) is 5.76. The van der Waals surface area contributed by atoms with Crippen LogP contribution < -0.4 is 5.32 Å². The Bertz CT molecular complexity index is 558. The molecular formula is C13H20N4O3S. The fraction of sp³-hybridized carbons (Fsp3) is 0.615. The maximum Gasteiger partial charge on any atom is 0.327 e. The Morgan fingerprint density at radius 2 is 2.19 bits per heavy atom. The zero-order valence-corrected chi connectivity index (χ0v) is 13.3. The van der Waals surface area contributed by atoms with Gasteiger partial charge in [0, 0.05) is 19.0 Å². The lowest BCUT2D eigenvalue weighted by Gasteiger charge is -2.29. The molecule has 1 fully saturated rings. The average Bonchev–Trinajstić information content (AvgIpc) is 2.93. The van der Waals surface area contributed by atoms with Crippen molar-refractivity contribution >= 4 is 29.4 Å². The number of urea groups is 1. The molecule has 2 heterocycles. The molecule has 0 spiro atoms. The molecule has 0 radical (unpaired) electrons. The number of carbonyl (C=O) groups is 2. The third-order valence-electron chi connectivity index (χ3n) is 3.38. The Morgan fingerprint density at radius 1 is 1.52 bits per heavy atom. The van der Waals surface area contributed by atoms with E-state index in [0.717, 1.165) is 0 Å². The maximum atomic E-state index is 12.5. The van der Waals surface area contributed by atoms with Gasteiger partial charge in [0.1, 0.15) is 6.04 Å². The minimum atomic E-state index is -0.969. The highest BCUT2D eigenvalue weighted by atomic mass is 32.2. The number of aromatic nitrogens is 2. The summed E-state index contributed by atoms with van der Waals surface area (Å²) < 4.78 is 1.61. The first-order valence-electron chi connectivity index (χ1n) is 6.75. The second-order valence-electron chi connectivity index (χ2n) is 5.46. The summed E-state index contributed by atoms with van der Waals surface area (Å²) in [5, 5.41) is 16.1. The van der Waals surface area contributed by atoms with E-state index in [9.17, 15) is 14.7 Å². The molecular weight excluding hydrogens is 292 g/mol. The Hall–Kier alpha value is -1.70. The van der Waals surface area contributed by atoms with Gasteiger partial charge in [0.05, 0.1) is 16.8 Å². The molecule has 2 N–H and O–H groups in total. The smallest absolute Gasteiger partial charge is 0.327 e. The van der Waals surface area contributed by atoms with Gasteiger partial charge >= 0.3 is 12.0 Å². The molecule has 1 aliphatic rings. The molecule has 2 unspecified atom stereocenters. The van der Waals surface area contributed by atoms with Gasteiger partial charge in [0.2, 0.25) is 0 Å². The highest BCUT2D eigenvalue weighted by Gasteiger charge is 2.43. The Balaban J connectivity index is 2.21. The van der Waals surface area contributed by atoms with Crippen LogP contribution in [0.4, 0.5) is 10.5 Å². The first kappa shape index (κ1) is 15.7. The third-order valence-corrected chi connectivity index (χ3v) is 5.00. The molecule has 8 heteroatoms. The molecule has 116 valence electrons. The van der Waals surface area contributed by atoms with Gasteiger partial charge < -0.3 is 10.4 Å². The van der Waals surface area contributed by atoms with Crippen molar-refractivity contribution in [1.29, 1.82) is 0 Å². The van der Waals surface area contributed by atoms with E-state index in [1.807, 2.05) is 13.8 Å². The number of anilines is 1. The van der Waals surface area contributed by atoms with E-state index in [1.54, 1.807) is 24.9 Å². The van der Waals surface area contributed by atoms with Crippen molar-refractivity contribution in [3.63, 3.8) is 0 Å². The van der Waals surface area contributed by atoms with Crippen LogP contribution in [0.3, 0.4) is 0 Å². The normalized spacial score (nSPS) is 21.9. The summed E-state index contributed by atoms with van der Waals surface area (Å²) in [7, 11) is 1.77. The van der Waals surface area contributed by atoms with Crippen LogP contribution in [0.1, 0.15) is 19.5 Å². The summed E-state index contributed by atoms with van der Waals surface area (Å²) in [4.78, 5) is 25.3. The zero-order valence-electron chi connectivity index (χ0n) is 12.5. The molecule has 2 atom stereocenters. The molecule has 0 saturated carbocycles. The van der Waals surface area contributed by atoms with Crippen LogP contribution in [-0.4, -0.2) is 49.0 Å². The van der Waals surface area contributed by atoms with Gasteiger partial charge in [-0.15, -0.1) is 11.8 Å². The minimum Gasteiger partial charge on any atom is -0.480 e. The van der Waals surface area contributed by atoms with Crippen LogP contribution >= 0.6 is 11.8 Å². The number of carboxylic acids is 1. The molecule has 2 amide bonds. The molecule has 0 aromatic carbocycles. The lowest BCUT2D eigenvalue weighted by molar-refractivity contribution is -0.141. The predicted molar refractivity (Wildman–Crippen MR) is 81.3 cm³/mol. The van der Waals surface area contributed by atoms with Crippen molar-refractivity contribution in [2.45, 2.75) is 32.2 Å². The van der Waals surface area contributed by atoms with E-state index < -0.39 is 12.0 Å². The molecule has 1 aromatic rings. The molecule has 21 heavy (non-hydrogen) atoms. The molecule has 1 aromatic heterocycles. The fourth-order valence-electron chi connectivity index (χ4n) is 2.39. The van der Waals surface area contributed by atoms with Gasteiger partial charge in [-0.2, -0.15) is 5.10 Å². The summed E-state index contributed by atoms with van der Waals surface area (Å²) >= 11 is 1.51. The number of aryl methyl sites for hydroxylation is 2. The second-order valence-corrected chi connectivity index (χ2v) is 6.61. The van der Waals surface area contributed by atoms with Gasteiger partial charge in [-0.05, 0) is 12.8 Å². The van der Waals surface area contributed by atoms with Crippen LogP contribution in [0.2, 0.25) is 0 Å². The quantitative estimate of drug-likeness (QED) is 0.888. The van der Waals surface area contributed by atoms with Crippen molar-refractivity contribution in [3.05, 3.63) is 11.9 Å². The van der Waals surface area contributed by atoms with E-state index in [1.165, 1.54) is 16.7 Å². The van der Waals surface area contributed by atoms with Crippen molar-refractivity contribution in [2.75, 3.05) is 11.1 Å². The van der Waals surface area contributed by atoms with E-state index >= 15 is 0 Å². The SMILES string of the molecule is Cc1nn(C)cc1NC(=O)N1C(C(=O)O)CSC1C(C)C. The van der Waals surface area contributed by atoms with E-state index in [0.29, 0.717) is 17.1 Å². The zero-order chi connectivity index (χ0) is 15.7. The Labute approximate surface area is 127 Å². The predicted octanol–water partition coefficient (Wildman–Crippen LogP) is 1.74. The number of rotatable bonds is 3. The van der Waals surface area contributed by atoms with Crippen molar-refractivity contribution < 1.29 is 14.7 Å². The summed E-state index contributed by atoms with van der Waals surface area (Å²) in [6, 6.07) is -1.18. The summed E-state index contributed by atoms with van der Waals surface area (Å²) in [6.07, 6.45) is 1.70. The van der Waals surface area contributed by atoms with Gasteiger partial charge in [0.25, 0.3) is 0 Å². The number of hydrogen-bond donors (Lipinski definition) is 2. The molecule has 0 bridgehead atoms.